The Morgan fingerprint density at radius 3 is 2.33 bits per heavy atom. The van der Waals surface area contributed by atoms with Gasteiger partial charge in [0.1, 0.15) is 6.61 Å². The van der Waals surface area contributed by atoms with Crippen LogP contribution in [0.15, 0.2) is 0 Å². The average Bonchev–Trinajstić information content (AvgIpc) is 1.84. The fourth-order valence-corrected chi connectivity index (χ4v) is 0.761. The van der Waals surface area contributed by atoms with Gasteiger partial charge in [0.05, 0.1) is 12.1 Å². The summed E-state index contributed by atoms with van der Waals surface area (Å²) < 4.78 is 14.8. The van der Waals surface area contributed by atoms with E-state index in [-0.39, 0.29) is 12.5 Å². The van der Waals surface area contributed by atoms with Gasteiger partial charge in [0.2, 0.25) is 0 Å². The van der Waals surface area contributed by atoms with Gasteiger partial charge in [-0.1, -0.05) is 13.8 Å². The van der Waals surface area contributed by atoms with Crippen LogP contribution in [0.1, 0.15) is 13.8 Å². The molecular weight excluding hydrogens is 183 g/mol. The minimum Gasteiger partial charge on any atom is -0.465 e. The fraction of sp³-hybridized carbons (Fsp3) is 0.833. The molecule has 6 heteroatoms. The van der Waals surface area contributed by atoms with Crippen molar-refractivity contribution in [2.45, 2.75) is 13.8 Å². The highest BCUT2D eigenvalue weighted by Crippen LogP contribution is 2.33. The zero-order valence-electron chi connectivity index (χ0n) is 7.06. The number of rotatable bonds is 4. The molecule has 0 amide bonds. The summed E-state index contributed by atoms with van der Waals surface area (Å²) in [5, 5.41) is 0. The van der Waals surface area contributed by atoms with Crippen LogP contribution < -0.4 is 0 Å². The molecular formula is C6H13O5P. The lowest BCUT2D eigenvalue weighted by Crippen LogP contribution is -2.14. The van der Waals surface area contributed by atoms with E-state index in [1.807, 2.05) is 0 Å². The van der Waals surface area contributed by atoms with Crippen LogP contribution in [-0.2, 0) is 14.1 Å². The van der Waals surface area contributed by atoms with Gasteiger partial charge in [-0.15, -0.1) is 0 Å². The molecule has 0 saturated heterocycles. The Morgan fingerprint density at radius 2 is 2.00 bits per heavy atom. The molecule has 72 valence electrons. The third kappa shape index (κ3) is 6.34. The largest absolute Gasteiger partial charge is 0.465 e. The van der Waals surface area contributed by atoms with Crippen LogP contribution in [0.4, 0.5) is 0 Å². The Labute approximate surface area is 70.9 Å². The maximum Gasteiger partial charge on any atom is 0.328 e. The number of hydrogen-bond donors (Lipinski definition) is 2. The van der Waals surface area contributed by atoms with E-state index in [0.29, 0.717) is 0 Å². The van der Waals surface area contributed by atoms with Crippen molar-refractivity contribution >= 4 is 13.6 Å². The first-order valence-corrected chi connectivity index (χ1v) is 5.34. The third-order valence-corrected chi connectivity index (χ3v) is 1.86. The second-order valence-corrected chi connectivity index (χ2v) is 4.49. The molecule has 0 unspecified atom stereocenters. The fourth-order valence-electron chi connectivity index (χ4n) is 0.432. The molecule has 0 aromatic heterocycles. The van der Waals surface area contributed by atoms with Crippen molar-refractivity contribution in [1.82, 2.24) is 0 Å². The second kappa shape index (κ2) is 4.60. The summed E-state index contributed by atoms with van der Waals surface area (Å²) in [5.74, 6) is -0.703. The van der Waals surface area contributed by atoms with Gasteiger partial charge in [-0.05, 0) is 0 Å². The smallest absolute Gasteiger partial charge is 0.328 e. The van der Waals surface area contributed by atoms with Crippen molar-refractivity contribution < 1.29 is 23.9 Å². The third-order valence-electron chi connectivity index (χ3n) is 1.10. The predicted octanol–water partition coefficient (Wildman–Crippen LogP) is 0.363. The topological polar surface area (TPSA) is 83.8 Å². The van der Waals surface area contributed by atoms with Gasteiger partial charge in [-0.2, -0.15) is 0 Å². The number of carbonyl (C=O) groups excluding carboxylic acids is 1. The van der Waals surface area contributed by atoms with E-state index in [9.17, 15) is 9.36 Å². The summed E-state index contributed by atoms with van der Waals surface area (Å²) >= 11 is 0. The normalized spacial score (nSPS) is 11.8. The Hall–Kier alpha value is -0.380. The van der Waals surface area contributed by atoms with E-state index in [1.54, 1.807) is 13.8 Å². The number of hydrogen-bond acceptors (Lipinski definition) is 3. The van der Waals surface area contributed by atoms with E-state index in [1.165, 1.54) is 0 Å². The van der Waals surface area contributed by atoms with Crippen LogP contribution >= 0.6 is 7.60 Å². The molecule has 0 aliphatic rings. The van der Waals surface area contributed by atoms with Crippen LogP contribution in [0.3, 0.4) is 0 Å². The lowest BCUT2D eigenvalue weighted by Gasteiger charge is -2.07. The highest BCUT2D eigenvalue weighted by molar-refractivity contribution is 7.51. The average molecular weight is 196 g/mol. The summed E-state index contributed by atoms with van der Waals surface area (Å²) in [4.78, 5) is 27.5. The van der Waals surface area contributed by atoms with Crippen molar-refractivity contribution in [3.63, 3.8) is 0 Å². The van der Waals surface area contributed by atoms with Crippen molar-refractivity contribution in [1.29, 1.82) is 0 Å². The standard InChI is InChI=1S/C6H13O5P/c1-5(2)6(7)11-3-4-12(8,9)10/h5H,3-4H2,1-2H3,(H2,8,9,10). The van der Waals surface area contributed by atoms with Crippen LogP contribution in [0, 0.1) is 5.92 Å². The van der Waals surface area contributed by atoms with E-state index < -0.39 is 19.7 Å². The van der Waals surface area contributed by atoms with Gasteiger partial charge in [0, 0.05) is 0 Å². The zero-order chi connectivity index (χ0) is 9.78. The summed E-state index contributed by atoms with van der Waals surface area (Å²) in [6.07, 6.45) is -0.411. The quantitative estimate of drug-likeness (QED) is 0.501. The molecule has 0 aliphatic heterocycles. The number of esters is 1. The van der Waals surface area contributed by atoms with Crippen LogP contribution in [-0.4, -0.2) is 28.5 Å². The minimum absolute atomic E-state index is 0.221. The monoisotopic (exact) mass is 196 g/mol. The summed E-state index contributed by atoms with van der Waals surface area (Å²) in [6, 6.07) is 0. The van der Waals surface area contributed by atoms with Crippen molar-refractivity contribution in [2.24, 2.45) is 5.92 Å². The molecule has 0 rings (SSSR count). The van der Waals surface area contributed by atoms with Crippen molar-refractivity contribution in [2.75, 3.05) is 12.8 Å². The molecule has 0 bridgehead atoms. The number of carbonyl (C=O) groups is 1. The first kappa shape index (κ1) is 11.6. The number of ether oxygens (including phenoxy) is 1. The van der Waals surface area contributed by atoms with Crippen molar-refractivity contribution in [3.8, 4) is 0 Å². The SMILES string of the molecule is CC(C)C(=O)OCCP(=O)(O)O. The zero-order valence-corrected chi connectivity index (χ0v) is 7.95. The molecule has 0 radical (unpaired) electrons. The van der Waals surface area contributed by atoms with Crippen molar-refractivity contribution in [3.05, 3.63) is 0 Å². The molecule has 2 N–H and O–H groups in total. The molecule has 0 fully saturated rings. The molecule has 0 aromatic rings. The van der Waals surface area contributed by atoms with E-state index >= 15 is 0 Å². The second-order valence-electron chi connectivity index (χ2n) is 2.71. The molecule has 12 heavy (non-hydrogen) atoms. The van der Waals surface area contributed by atoms with Gasteiger partial charge in [0.15, 0.2) is 0 Å². The Morgan fingerprint density at radius 1 is 1.50 bits per heavy atom. The molecule has 0 saturated carbocycles. The molecule has 0 aromatic carbocycles. The minimum atomic E-state index is -4.03. The van der Waals surface area contributed by atoms with Gasteiger partial charge < -0.3 is 14.5 Å². The Bertz CT molecular complexity index is 194. The van der Waals surface area contributed by atoms with E-state index in [2.05, 4.69) is 4.74 Å². The first-order valence-electron chi connectivity index (χ1n) is 3.54. The van der Waals surface area contributed by atoms with Gasteiger partial charge in [-0.3, -0.25) is 9.36 Å². The molecule has 0 aliphatic carbocycles. The summed E-state index contributed by atoms with van der Waals surface area (Å²) in [7, 11) is -4.03. The van der Waals surface area contributed by atoms with Crippen LogP contribution in [0.5, 0.6) is 0 Å². The van der Waals surface area contributed by atoms with Crippen LogP contribution in [0.25, 0.3) is 0 Å². The molecule has 0 atom stereocenters. The van der Waals surface area contributed by atoms with Gasteiger partial charge in [0.25, 0.3) is 0 Å². The lowest BCUT2D eigenvalue weighted by atomic mass is 10.2. The van der Waals surface area contributed by atoms with Crippen LogP contribution in [0.2, 0.25) is 0 Å². The predicted molar refractivity (Wildman–Crippen MR) is 42.7 cm³/mol. The maximum atomic E-state index is 10.8. The van der Waals surface area contributed by atoms with E-state index in [4.69, 9.17) is 9.79 Å². The lowest BCUT2D eigenvalue weighted by molar-refractivity contribution is -0.146. The maximum absolute atomic E-state index is 10.8. The molecule has 5 nitrogen and oxygen atoms in total. The highest BCUT2D eigenvalue weighted by atomic mass is 31.2. The first-order chi connectivity index (χ1) is 5.33. The molecule has 0 heterocycles. The van der Waals surface area contributed by atoms with Gasteiger partial charge in [-0.25, -0.2) is 0 Å². The highest BCUT2D eigenvalue weighted by Gasteiger charge is 2.15. The Kier molecular flexibility index (Phi) is 4.45. The van der Waals surface area contributed by atoms with Gasteiger partial charge >= 0.3 is 13.6 Å². The molecule has 0 spiro atoms. The summed E-state index contributed by atoms with van der Waals surface area (Å²) in [6.45, 7) is 3.08. The summed E-state index contributed by atoms with van der Waals surface area (Å²) in [5.41, 5.74) is 0. The van der Waals surface area contributed by atoms with E-state index in [0.717, 1.165) is 0 Å². The Balaban J connectivity index is 3.58.